The van der Waals surface area contributed by atoms with Gasteiger partial charge < -0.3 is 9.80 Å². The second kappa shape index (κ2) is 24.6. The summed E-state index contributed by atoms with van der Waals surface area (Å²) in [5.74, 6) is 0. The van der Waals surface area contributed by atoms with Crippen molar-refractivity contribution in [2.24, 2.45) is 0 Å². The first kappa shape index (κ1) is 60.3. The Morgan fingerprint density at radius 3 is 0.941 bits per heavy atom. The van der Waals surface area contributed by atoms with Crippen molar-refractivity contribution in [3.63, 3.8) is 0 Å². The lowest BCUT2D eigenvalue weighted by Gasteiger charge is -2.35. The average molecular weight is 1340 g/mol. The van der Waals surface area contributed by atoms with E-state index < -0.39 is 10.8 Å². The quantitative estimate of drug-likeness (QED) is 0.101. The molecule has 2 atom stereocenters. The largest absolute Gasteiger partial charge is 0.310 e. The molecule has 0 saturated heterocycles. The van der Waals surface area contributed by atoms with E-state index in [9.17, 15) is 0 Å². The molecule has 2 unspecified atom stereocenters. The van der Waals surface area contributed by atoms with Crippen molar-refractivity contribution >= 4 is 79.2 Å². The SMILES string of the molecule is c1ccc(N(c2ccc(-c3ccc(N(c4ccccc4)c4ccc5c(c4)C(c4ccc(Sc6ccc7c(c6)CC7)cc4)(c4ccc6ccccc6c4)c4ccccc4-5)cc3)cc2)c2ccc3c(c2)C(c2ccc(Sc4ccc5c(c4)CC5)cc2)(c2ccc4ccccc4c2)c2ccccc2-3)cc1. The van der Waals surface area contributed by atoms with Crippen LogP contribution in [0.2, 0.25) is 0 Å². The van der Waals surface area contributed by atoms with Crippen LogP contribution in [0, 0.1) is 0 Å². The Labute approximate surface area is 604 Å². The molecule has 0 saturated carbocycles. The summed E-state index contributed by atoms with van der Waals surface area (Å²) in [5.41, 5.74) is 28.7. The molecule has 102 heavy (non-hydrogen) atoms. The lowest BCUT2D eigenvalue weighted by atomic mass is 9.67. The number of hydrogen-bond donors (Lipinski definition) is 0. The predicted molar refractivity (Wildman–Crippen MR) is 427 cm³/mol. The Bertz CT molecular complexity index is 5580. The molecule has 0 amide bonds. The lowest BCUT2D eigenvalue weighted by molar-refractivity contribution is 0.768. The molecule has 16 aromatic rings. The van der Waals surface area contributed by atoms with Gasteiger partial charge in [0.1, 0.15) is 0 Å². The summed E-state index contributed by atoms with van der Waals surface area (Å²) in [6.45, 7) is 0. The Kier molecular flexibility index (Phi) is 14.5. The topological polar surface area (TPSA) is 6.48 Å². The van der Waals surface area contributed by atoms with Crippen LogP contribution in [-0.4, -0.2) is 0 Å². The highest BCUT2D eigenvalue weighted by Gasteiger charge is 2.48. The highest BCUT2D eigenvalue weighted by Crippen LogP contribution is 2.60. The molecule has 4 aliphatic carbocycles. The molecule has 0 spiro atoms. The standard InChI is InChI=1S/C98H68N2S2/c1-3-19-79(20-4-1)99(83-49-57-91-89-23-11-13-25-93(89)97(95(91)63-83,77-39-31-65-15-7-9-17-71(65)59-77)75-41-53-85(54-42-75)101-87-51-37-69-27-29-73(69)61-87)81-45-33-67(34-46-81)68-35-47-82(48-36-68)100(80-21-5-2-6-22-80)84-50-58-92-90-24-12-14-26-94(90)98(96(92)64-84,78-40-32-66-16-8-10-18-72(66)60-78)76-43-55-86(56-44-76)102-88-52-38-70-28-30-74(70)62-88/h1-26,31-64H,27-30H2. The number of hydrogen-bond acceptors (Lipinski definition) is 4. The van der Waals surface area contributed by atoms with Crippen molar-refractivity contribution < 1.29 is 0 Å². The summed E-state index contributed by atoms with van der Waals surface area (Å²) in [6, 6.07) is 138. The zero-order valence-corrected chi connectivity index (χ0v) is 57.8. The molecule has 482 valence electrons. The van der Waals surface area contributed by atoms with Crippen LogP contribution in [0.4, 0.5) is 34.1 Å². The first-order chi connectivity index (χ1) is 50.5. The Morgan fingerprint density at radius 1 is 0.206 bits per heavy atom. The van der Waals surface area contributed by atoms with Gasteiger partial charge in [-0.1, -0.05) is 254 Å². The van der Waals surface area contributed by atoms with E-state index in [2.05, 4.69) is 374 Å². The molecule has 20 rings (SSSR count). The maximum Gasteiger partial charge on any atom is 0.0714 e. The summed E-state index contributed by atoms with van der Waals surface area (Å²) >= 11 is 3.71. The summed E-state index contributed by atoms with van der Waals surface area (Å²) < 4.78 is 0. The fourth-order valence-corrected chi connectivity index (χ4v) is 18.9. The van der Waals surface area contributed by atoms with Gasteiger partial charge in [0.2, 0.25) is 0 Å². The van der Waals surface area contributed by atoms with Crippen LogP contribution in [0.3, 0.4) is 0 Å². The molecule has 0 aliphatic heterocycles. The van der Waals surface area contributed by atoms with Crippen LogP contribution in [0.5, 0.6) is 0 Å². The molecule has 0 radical (unpaired) electrons. The minimum Gasteiger partial charge on any atom is -0.310 e. The number of benzene rings is 16. The second-order valence-electron chi connectivity index (χ2n) is 27.7. The molecule has 0 bridgehead atoms. The molecule has 0 fully saturated rings. The number of aryl methyl sites for hydroxylation is 4. The third kappa shape index (κ3) is 9.94. The number of rotatable bonds is 15. The van der Waals surface area contributed by atoms with Crippen molar-refractivity contribution in [3.05, 3.63) is 431 Å². The highest BCUT2D eigenvalue weighted by atomic mass is 32.2. The van der Waals surface area contributed by atoms with Crippen molar-refractivity contribution in [2.75, 3.05) is 9.80 Å². The van der Waals surface area contributed by atoms with Gasteiger partial charge in [-0.3, -0.25) is 0 Å². The van der Waals surface area contributed by atoms with E-state index in [1.807, 2.05) is 23.5 Å². The predicted octanol–water partition coefficient (Wildman–Crippen LogP) is 25.8. The first-order valence-electron chi connectivity index (χ1n) is 35.7. The van der Waals surface area contributed by atoms with Gasteiger partial charge in [0, 0.05) is 53.7 Å². The van der Waals surface area contributed by atoms with Crippen LogP contribution in [0.15, 0.2) is 384 Å². The fourth-order valence-electron chi connectivity index (χ4n) is 17.2. The van der Waals surface area contributed by atoms with Gasteiger partial charge in [0.05, 0.1) is 10.8 Å². The second-order valence-corrected chi connectivity index (χ2v) is 30.0. The smallest absolute Gasteiger partial charge is 0.0714 e. The molecular weight excluding hydrogens is 1270 g/mol. The van der Waals surface area contributed by atoms with E-state index in [1.165, 1.54) is 156 Å². The van der Waals surface area contributed by atoms with Gasteiger partial charge in [0.15, 0.2) is 0 Å². The Morgan fingerprint density at radius 2 is 0.539 bits per heavy atom. The first-order valence-corrected chi connectivity index (χ1v) is 37.3. The maximum absolute atomic E-state index is 2.49. The van der Waals surface area contributed by atoms with Crippen molar-refractivity contribution in [3.8, 4) is 33.4 Å². The number of nitrogens with zero attached hydrogens (tertiary/aromatic N) is 2. The maximum atomic E-state index is 2.49. The Hall–Kier alpha value is -11.7. The normalized spacial score (nSPS) is 15.6. The van der Waals surface area contributed by atoms with Crippen molar-refractivity contribution in [1.29, 1.82) is 0 Å². The number of para-hydroxylation sites is 2. The number of fused-ring (bicyclic) bond motifs is 10. The molecule has 0 aromatic heterocycles. The van der Waals surface area contributed by atoms with Gasteiger partial charge in [-0.05, 0) is 281 Å². The number of anilines is 6. The molecule has 4 heteroatoms. The molecule has 2 nitrogen and oxygen atoms in total. The molecule has 0 N–H and O–H groups in total. The van der Waals surface area contributed by atoms with Gasteiger partial charge in [-0.25, -0.2) is 0 Å². The highest BCUT2D eigenvalue weighted by molar-refractivity contribution is 7.99. The zero-order valence-electron chi connectivity index (χ0n) is 56.2. The molecule has 4 aliphatic rings. The lowest BCUT2D eigenvalue weighted by Crippen LogP contribution is -2.29. The van der Waals surface area contributed by atoms with Crippen molar-refractivity contribution in [1.82, 2.24) is 0 Å². The third-order valence-electron chi connectivity index (χ3n) is 22.3. The summed E-state index contributed by atoms with van der Waals surface area (Å²) in [6.07, 6.45) is 4.73. The molecule has 16 aromatic carbocycles. The van der Waals surface area contributed by atoms with Crippen LogP contribution < -0.4 is 9.80 Å². The van der Waals surface area contributed by atoms with Gasteiger partial charge in [-0.2, -0.15) is 0 Å². The van der Waals surface area contributed by atoms with E-state index >= 15 is 0 Å². The van der Waals surface area contributed by atoms with Crippen LogP contribution >= 0.6 is 23.5 Å². The van der Waals surface area contributed by atoms with E-state index in [0.717, 1.165) is 45.3 Å². The summed E-state index contributed by atoms with van der Waals surface area (Å²) in [4.78, 5) is 9.93. The van der Waals surface area contributed by atoms with Gasteiger partial charge in [0.25, 0.3) is 0 Å². The third-order valence-corrected chi connectivity index (χ3v) is 24.3. The monoisotopic (exact) mass is 1340 g/mol. The zero-order chi connectivity index (χ0) is 67.3. The average Bonchev–Trinajstić information content (AvgIpc) is 1.53. The van der Waals surface area contributed by atoms with Crippen molar-refractivity contribution in [2.45, 2.75) is 56.1 Å². The van der Waals surface area contributed by atoms with E-state index in [0.29, 0.717) is 0 Å². The summed E-state index contributed by atoms with van der Waals surface area (Å²) in [7, 11) is 0. The minimum atomic E-state index is -0.621. The molecule has 0 heterocycles. The summed E-state index contributed by atoms with van der Waals surface area (Å²) in [5, 5.41) is 4.92. The van der Waals surface area contributed by atoms with Crippen LogP contribution in [-0.2, 0) is 36.5 Å². The Balaban J connectivity index is 0.666. The van der Waals surface area contributed by atoms with Crippen LogP contribution in [0.1, 0.15) is 66.8 Å². The van der Waals surface area contributed by atoms with Gasteiger partial charge in [-0.15, -0.1) is 0 Å². The van der Waals surface area contributed by atoms with Crippen LogP contribution in [0.25, 0.3) is 54.9 Å². The minimum absolute atomic E-state index is 0.621. The van der Waals surface area contributed by atoms with E-state index in [1.54, 1.807) is 0 Å². The van der Waals surface area contributed by atoms with E-state index in [-0.39, 0.29) is 0 Å². The van der Waals surface area contributed by atoms with Gasteiger partial charge >= 0.3 is 0 Å². The molecular formula is C98H68N2S2. The van der Waals surface area contributed by atoms with E-state index in [4.69, 9.17) is 0 Å². The fraction of sp³-hybridized carbons (Fsp3) is 0.0612.